The normalized spacial score (nSPS) is 14.3. The van der Waals surface area contributed by atoms with Gasteiger partial charge in [0.1, 0.15) is 28.5 Å². The molecule has 2 amide bonds. The van der Waals surface area contributed by atoms with Crippen molar-refractivity contribution in [2.75, 3.05) is 17.2 Å². The SMILES string of the molecule is N#Cc1c(N)nc(SC2CC(=O)N(c3ccc(C(=O)OCC(=O)c4ccc(Cl)cc4Cl)cc3)C2=O)c(C#N)c1-c1cccs1. The van der Waals surface area contributed by atoms with E-state index in [0.29, 0.717) is 15.5 Å². The Morgan fingerprint density at radius 3 is 2.45 bits per heavy atom. The van der Waals surface area contributed by atoms with Crippen molar-refractivity contribution in [1.82, 2.24) is 4.98 Å². The summed E-state index contributed by atoms with van der Waals surface area (Å²) >= 11 is 14.1. The van der Waals surface area contributed by atoms with Gasteiger partial charge in [-0.05, 0) is 53.9 Å². The van der Waals surface area contributed by atoms with Crippen LogP contribution in [0.25, 0.3) is 10.4 Å². The van der Waals surface area contributed by atoms with Crippen molar-refractivity contribution in [2.45, 2.75) is 16.7 Å². The molecular formula is C30H17Cl2N5O5S2. The number of thiophene rings is 1. The summed E-state index contributed by atoms with van der Waals surface area (Å²) in [5.74, 6) is -2.45. The molecule has 5 rings (SSSR count). The number of benzene rings is 2. The second kappa shape index (κ2) is 12.9. The number of thioether (sulfide) groups is 1. The first kappa shape index (κ1) is 30.7. The maximum atomic E-state index is 13.4. The van der Waals surface area contributed by atoms with E-state index in [9.17, 15) is 29.7 Å². The monoisotopic (exact) mass is 661 g/mol. The number of ether oxygens (including phenoxy) is 1. The smallest absolute Gasteiger partial charge is 0.338 e. The summed E-state index contributed by atoms with van der Waals surface area (Å²) in [6.07, 6.45) is -0.177. The summed E-state index contributed by atoms with van der Waals surface area (Å²) < 4.78 is 5.11. The van der Waals surface area contributed by atoms with E-state index in [2.05, 4.69) is 11.1 Å². The minimum Gasteiger partial charge on any atom is -0.454 e. The Morgan fingerprint density at radius 2 is 1.82 bits per heavy atom. The molecule has 14 heteroatoms. The maximum absolute atomic E-state index is 13.4. The number of carbonyl (C=O) groups is 4. The molecule has 1 unspecified atom stereocenters. The molecule has 10 nitrogen and oxygen atoms in total. The molecule has 1 aliphatic heterocycles. The van der Waals surface area contributed by atoms with Crippen molar-refractivity contribution in [3.05, 3.63) is 92.3 Å². The number of nitrogens with zero attached hydrogens (tertiary/aromatic N) is 4. The molecule has 3 heterocycles. The van der Waals surface area contributed by atoms with Gasteiger partial charge in [-0.1, -0.05) is 41.0 Å². The molecule has 2 aromatic carbocycles. The lowest BCUT2D eigenvalue weighted by molar-refractivity contribution is -0.121. The summed E-state index contributed by atoms with van der Waals surface area (Å²) in [5, 5.41) is 21.1. The van der Waals surface area contributed by atoms with Gasteiger partial charge in [-0.15, -0.1) is 11.3 Å². The fourth-order valence-electron chi connectivity index (χ4n) is 4.41. The number of aromatic nitrogens is 1. The second-order valence-corrected chi connectivity index (χ2v) is 12.2. The number of anilines is 2. The third kappa shape index (κ3) is 6.02. The van der Waals surface area contributed by atoms with Gasteiger partial charge in [0.2, 0.25) is 17.6 Å². The van der Waals surface area contributed by atoms with E-state index in [1.165, 1.54) is 53.8 Å². The molecule has 0 bridgehead atoms. The molecular weight excluding hydrogens is 645 g/mol. The Balaban J connectivity index is 1.30. The zero-order chi connectivity index (χ0) is 31.5. The molecule has 0 aliphatic carbocycles. The zero-order valence-corrected chi connectivity index (χ0v) is 25.4. The van der Waals surface area contributed by atoms with E-state index >= 15 is 0 Å². The maximum Gasteiger partial charge on any atom is 0.338 e. The number of halogens is 2. The molecule has 1 aliphatic rings. The van der Waals surface area contributed by atoms with E-state index in [0.717, 1.165) is 16.7 Å². The number of nitrogens with two attached hydrogens (primary N) is 1. The van der Waals surface area contributed by atoms with Gasteiger partial charge < -0.3 is 10.5 Å². The standard InChI is InChI=1S/C30H17Cl2N5O5S2/c31-16-5-8-18(21(32)10-16)22(38)14-42-30(41)15-3-6-17(7-4-15)37-25(39)11-24(29(37)40)44-28-20(13-34)26(23-2-1-9-43-23)19(12-33)27(35)36-28/h1-10,24H,11,14H2,(H2,35,36). The van der Waals surface area contributed by atoms with Crippen LogP contribution in [-0.4, -0.2) is 40.4 Å². The molecule has 0 saturated carbocycles. The summed E-state index contributed by atoms with van der Waals surface area (Å²) in [6, 6.07) is 17.5. The number of imide groups is 1. The average molecular weight is 663 g/mol. The fraction of sp³-hybridized carbons (Fsp3) is 0.100. The number of carbonyl (C=O) groups excluding carboxylic acids is 4. The van der Waals surface area contributed by atoms with Gasteiger partial charge in [0.15, 0.2) is 6.61 Å². The number of nitriles is 2. The third-order valence-corrected chi connectivity index (χ3v) is 9.08. The lowest BCUT2D eigenvalue weighted by Crippen LogP contribution is -2.31. The lowest BCUT2D eigenvalue weighted by Gasteiger charge is -2.16. The number of pyridine rings is 1. The molecule has 0 spiro atoms. The summed E-state index contributed by atoms with van der Waals surface area (Å²) in [5.41, 5.74) is 6.98. The zero-order valence-electron chi connectivity index (χ0n) is 22.2. The highest BCUT2D eigenvalue weighted by molar-refractivity contribution is 8.00. The van der Waals surface area contributed by atoms with E-state index in [1.54, 1.807) is 17.5 Å². The van der Waals surface area contributed by atoms with Crippen LogP contribution >= 0.6 is 46.3 Å². The van der Waals surface area contributed by atoms with Gasteiger partial charge >= 0.3 is 5.97 Å². The Morgan fingerprint density at radius 1 is 1.09 bits per heavy atom. The number of amides is 2. The van der Waals surface area contributed by atoms with Crippen LogP contribution in [0, 0.1) is 22.7 Å². The van der Waals surface area contributed by atoms with Gasteiger partial charge in [0.25, 0.3) is 0 Å². The van der Waals surface area contributed by atoms with Crippen molar-refractivity contribution in [2.24, 2.45) is 0 Å². The molecule has 0 radical (unpaired) electrons. The van der Waals surface area contributed by atoms with Crippen LogP contribution < -0.4 is 10.6 Å². The number of Topliss-reactive ketones (excluding diaryl/α,β-unsaturated/α-hetero) is 1. The minimum absolute atomic E-state index is 0.0561. The van der Waals surface area contributed by atoms with Crippen LogP contribution in [-0.2, 0) is 14.3 Å². The lowest BCUT2D eigenvalue weighted by atomic mass is 10.0. The first-order chi connectivity index (χ1) is 21.1. The Kier molecular flexibility index (Phi) is 8.99. The molecule has 218 valence electrons. The van der Waals surface area contributed by atoms with Crippen LogP contribution in [0.3, 0.4) is 0 Å². The van der Waals surface area contributed by atoms with Gasteiger partial charge in [-0.3, -0.25) is 14.4 Å². The number of esters is 1. The van der Waals surface area contributed by atoms with Gasteiger partial charge in [0, 0.05) is 27.4 Å². The number of hydrogen-bond acceptors (Lipinski definition) is 11. The highest BCUT2D eigenvalue weighted by atomic mass is 35.5. The molecule has 44 heavy (non-hydrogen) atoms. The molecule has 1 atom stereocenters. The Hall–Kier alpha value is -4.72. The third-order valence-electron chi connectivity index (χ3n) is 6.47. The molecule has 1 saturated heterocycles. The first-order valence-electron chi connectivity index (χ1n) is 12.6. The first-order valence-corrected chi connectivity index (χ1v) is 15.1. The van der Waals surface area contributed by atoms with Crippen LogP contribution in [0.4, 0.5) is 11.5 Å². The van der Waals surface area contributed by atoms with Crippen molar-refractivity contribution < 1.29 is 23.9 Å². The molecule has 2 N–H and O–H groups in total. The van der Waals surface area contributed by atoms with E-state index < -0.39 is 35.4 Å². The number of rotatable bonds is 8. The highest BCUT2D eigenvalue weighted by Gasteiger charge is 2.41. The van der Waals surface area contributed by atoms with Crippen LogP contribution in [0.5, 0.6) is 0 Å². The van der Waals surface area contributed by atoms with E-state index in [1.807, 2.05) is 6.07 Å². The van der Waals surface area contributed by atoms with Gasteiger partial charge in [-0.2, -0.15) is 10.5 Å². The topological polar surface area (TPSA) is 167 Å². The van der Waals surface area contributed by atoms with Gasteiger partial charge in [0.05, 0.1) is 27.1 Å². The fourth-order valence-corrected chi connectivity index (χ4v) is 6.82. The van der Waals surface area contributed by atoms with Gasteiger partial charge in [-0.25, -0.2) is 14.7 Å². The molecule has 2 aromatic heterocycles. The van der Waals surface area contributed by atoms with Crippen LogP contribution in [0.2, 0.25) is 10.0 Å². The van der Waals surface area contributed by atoms with Crippen LogP contribution in [0.15, 0.2) is 65.0 Å². The largest absolute Gasteiger partial charge is 0.454 e. The minimum atomic E-state index is -0.916. The highest BCUT2D eigenvalue weighted by Crippen LogP contribution is 2.41. The van der Waals surface area contributed by atoms with Crippen molar-refractivity contribution >= 4 is 81.4 Å². The number of hydrogen-bond donors (Lipinski definition) is 1. The molecule has 1 fully saturated rings. The Bertz CT molecular complexity index is 1920. The van der Waals surface area contributed by atoms with Crippen LogP contribution in [0.1, 0.15) is 38.3 Å². The summed E-state index contributed by atoms with van der Waals surface area (Å²) in [6.45, 7) is -0.559. The quantitative estimate of drug-likeness (QED) is 0.136. The summed E-state index contributed by atoms with van der Waals surface area (Å²) in [7, 11) is 0. The molecule has 4 aromatic rings. The van der Waals surface area contributed by atoms with Crippen molar-refractivity contribution in [1.29, 1.82) is 10.5 Å². The Labute approximate surface area is 268 Å². The average Bonchev–Trinajstić information content (AvgIpc) is 3.63. The number of nitrogen functional groups attached to an aromatic ring is 1. The number of ketones is 1. The second-order valence-electron chi connectivity index (χ2n) is 9.18. The summed E-state index contributed by atoms with van der Waals surface area (Å²) in [4.78, 5) is 57.1. The van der Waals surface area contributed by atoms with E-state index in [-0.39, 0.29) is 50.2 Å². The van der Waals surface area contributed by atoms with Crippen molar-refractivity contribution in [3.8, 4) is 22.6 Å². The van der Waals surface area contributed by atoms with E-state index in [4.69, 9.17) is 33.7 Å². The predicted octanol–water partition coefficient (Wildman–Crippen LogP) is 5.91. The predicted molar refractivity (Wildman–Crippen MR) is 166 cm³/mol. The van der Waals surface area contributed by atoms with Crippen molar-refractivity contribution in [3.63, 3.8) is 0 Å².